The van der Waals surface area contributed by atoms with Gasteiger partial charge < -0.3 is 0 Å². The standard InChI is InChI=1S/C27H22O3/c1-5-18-10-8-9-15(2)21(18)14-22-24(17(4)28)16(3)13-23-25(22)27(30)20-12-7-6-11-19(20)26(23)29/h5-13H,1,14H2,2-4H3. The number of hydrogen-bond donors (Lipinski definition) is 0. The maximum Gasteiger partial charge on any atom is 0.194 e. The van der Waals surface area contributed by atoms with E-state index < -0.39 is 0 Å². The van der Waals surface area contributed by atoms with E-state index in [1.54, 1.807) is 36.4 Å². The zero-order valence-electron chi connectivity index (χ0n) is 17.3. The van der Waals surface area contributed by atoms with Gasteiger partial charge in [-0.05, 0) is 61.1 Å². The second-order valence-electron chi connectivity index (χ2n) is 7.75. The highest BCUT2D eigenvalue weighted by Gasteiger charge is 2.34. The van der Waals surface area contributed by atoms with Gasteiger partial charge in [-0.2, -0.15) is 0 Å². The molecule has 0 bridgehead atoms. The molecule has 1 aliphatic rings. The molecule has 0 saturated heterocycles. The van der Waals surface area contributed by atoms with Crippen LogP contribution in [0.3, 0.4) is 0 Å². The van der Waals surface area contributed by atoms with Crippen molar-refractivity contribution in [2.45, 2.75) is 27.2 Å². The highest BCUT2D eigenvalue weighted by Crippen LogP contribution is 2.35. The van der Waals surface area contributed by atoms with E-state index in [1.807, 2.05) is 32.0 Å². The number of fused-ring (bicyclic) bond motifs is 2. The smallest absolute Gasteiger partial charge is 0.194 e. The lowest BCUT2D eigenvalue weighted by Gasteiger charge is -2.24. The van der Waals surface area contributed by atoms with E-state index >= 15 is 0 Å². The van der Waals surface area contributed by atoms with Gasteiger partial charge in [0.25, 0.3) is 0 Å². The van der Waals surface area contributed by atoms with Gasteiger partial charge in [0, 0.05) is 27.8 Å². The van der Waals surface area contributed by atoms with Crippen molar-refractivity contribution in [3.8, 4) is 0 Å². The van der Waals surface area contributed by atoms with Crippen molar-refractivity contribution in [1.82, 2.24) is 0 Å². The molecule has 1 aliphatic carbocycles. The SMILES string of the molecule is C=Cc1cccc(C)c1Cc1c(C(C)=O)c(C)cc2c1C(=O)c1ccccc1C2=O. The first kappa shape index (κ1) is 19.7. The zero-order chi connectivity index (χ0) is 21.6. The number of aryl methyl sites for hydroxylation is 2. The van der Waals surface area contributed by atoms with Crippen molar-refractivity contribution in [3.63, 3.8) is 0 Å². The second kappa shape index (κ2) is 7.34. The van der Waals surface area contributed by atoms with Crippen LogP contribution in [0.1, 0.15) is 76.9 Å². The van der Waals surface area contributed by atoms with Crippen molar-refractivity contribution >= 4 is 23.4 Å². The molecule has 0 aromatic heterocycles. The summed E-state index contributed by atoms with van der Waals surface area (Å²) in [6.45, 7) is 9.24. The van der Waals surface area contributed by atoms with Gasteiger partial charge in [0.05, 0.1) is 0 Å². The average molecular weight is 394 g/mol. The van der Waals surface area contributed by atoms with Crippen LogP contribution < -0.4 is 0 Å². The lowest BCUT2D eigenvalue weighted by atomic mass is 9.76. The first-order valence-corrected chi connectivity index (χ1v) is 9.92. The number of hydrogen-bond acceptors (Lipinski definition) is 3. The molecule has 0 radical (unpaired) electrons. The fourth-order valence-corrected chi connectivity index (χ4v) is 4.49. The topological polar surface area (TPSA) is 51.2 Å². The molecule has 0 atom stereocenters. The molecule has 0 unspecified atom stereocenters. The summed E-state index contributed by atoms with van der Waals surface area (Å²) in [5.41, 5.74) is 6.41. The minimum Gasteiger partial charge on any atom is -0.294 e. The molecular weight excluding hydrogens is 372 g/mol. The minimum atomic E-state index is -0.202. The predicted molar refractivity (Wildman–Crippen MR) is 119 cm³/mol. The van der Waals surface area contributed by atoms with Gasteiger partial charge in [-0.1, -0.05) is 55.1 Å². The number of carbonyl (C=O) groups is 3. The Morgan fingerprint density at radius 1 is 0.867 bits per heavy atom. The quantitative estimate of drug-likeness (QED) is 0.429. The Morgan fingerprint density at radius 2 is 1.53 bits per heavy atom. The van der Waals surface area contributed by atoms with Gasteiger partial charge >= 0.3 is 0 Å². The van der Waals surface area contributed by atoms with Crippen molar-refractivity contribution in [1.29, 1.82) is 0 Å². The van der Waals surface area contributed by atoms with Crippen LogP contribution in [0, 0.1) is 13.8 Å². The van der Waals surface area contributed by atoms with E-state index in [-0.39, 0.29) is 17.3 Å². The number of Topliss-reactive ketones (excluding diaryl/α,β-unsaturated/α-hetero) is 1. The maximum absolute atomic E-state index is 13.5. The molecule has 30 heavy (non-hydrogen) atoms. The Kier molecular flexibility index (Phi) is 4.83. The van der Waals surface area contributed by atoms with E-state index in [1.165, 1.54) is 6.92 Å². The fraction of sp³-hybridized carbons (Fsp3) is 0.148. The van der Waals surface area contributed by atoms with Crippen LogP contribution in [0.25, 0.3) is 6.08 Å². The third-order valence-electron chi connectivity index (χ3n) is 5.89. The molecule has 3 aromatic carbocycles. The van der Waals surface area contributed by atoms with Crippen molar-refractivity contribution < 1.29 is 14.4 Å². The lowest BCUT2D eigenvalue weighted by Crippen LogP contribution is -2.25. The van der Waals surface area contributed by atoms with Crippen LogP contribution in [0.2, 0.25) is 0 Å². The molecule has 0 fully saturated rings. The number of benzene rings is 3. The largest absolute Gasteiger partial charge is 0.294 e. The normalized spacial score (nSPS) is 12.4. The molecule has 0 N–H and O–H groups in total. The molecule has 3 heteroatoms. The van der Waals surface area contributed by atoms with Crippen LogP contribution in [0.5, 0.6) is 0 Å². The maximum atomic E-state index is 13.5. The van der Waals surface area contributed by atoms with Crippen molar-refractivity contribution in [2.75, 3.05) is 0 Å². The number of rotatable bonds is 4. The van der Waals surface area contributed by atoms with Crippen molar-refractivity contribution in [2.24, 2.45) is 0 Å². The number of ketones is 3. The Bertz CT molecular complexity index is 1260. The fourth-order valence-electron chi connectivity index (χ4n) is 4.49. The molecule has 0 heterocycles. The molecular formula is C27H22O3. The molecule has 0 spiro atoms. The summed E-state index contributed by atoms with van der Waals surface area (Å²) < 4.78 is 0. The molecule has 148 valence electrons. The van der Waals surface area contributed by atoms with E-state index in [9.17, 15) is 14.4 Å². The van der Waals surface area contributed by atoms with E-state index in [2.05, 4.69) is 6.58 Å². The van der Waals surface area contributed by atoms with E-state index in [0.717, 1.165) is 16.7 Å². The Balaban J connectivity index is 2.05. The van der Waals surface area contributed by atoms with Gasteiger partial charge in [0.2, 0.25) is 0 Å². The Hall–Kier alpha value is -3.59. The molecule has 0 saturated carbocycles. The zero-order valence-corrected chi connectivity index (χ0v) is 17.3. The van der Waals surface area contributed by atoms with Gasteiger partial charge in [-0.25, -0.2) is 0 Å². The Morgan fingerprint density at radius 3 is 2.17 bits per heavy atom. The van der Waals surface area contributed by atoms with Crippen molar-refractivity contribution in [3.05, 3.63) is 111 Å². The van der Waals surface area contributed by atoms with Crippen LogP contribution in [-0.2, 0) is 6.42 Å². The summed E-state index contributed by atoms with van der Waals surface area (Å²) >= 11 is 0. The van der Waals surface area contributed by atoms with Crippen LogP contribution in [0.4, 0.5) is 0 Å². The van der Waals surface area contributed by atoms with Gasteiger partial charge in [0.1, 0.15) is 0 Å². The van der Waals surface area contributed by atoms with E-state index in [0.29, 0.717) is 45.4 Å². The molecule has 0 amide bonds. The minimum absolute atomic E-state index is 0.113. The third-order valence-corrected chi connectivity index (χ3v) is 5.89. The summed E-state index contributed by atoms with van der Waals surface area (Å²) in [7, 11) is 0. The first-order valence-electron chi connectivity index (χ1n) is 9.92. The predicted octanol–water partition coefficient (Wildman–Crippen LogP) is 5.52. The van der Waals surface area contributed by atoms with E-state index in [4.69, 9.17) is 0 Å². The summed E-state index contributed by atoms with van der Waals surface area (Å²) in [6.07, 6.45) is 2.16. The summed E-state index contributed by atoms with van der Waals surface area (Å²) in [5, 5.41) is 0. The highest BCUT2D eigenvalue weighted by molar-refractivity contribution is 6.29. The van der Waals surface area contributed by atoms with Crippen LogP contribution >= 0.6 is 0 Å². The first-order chi connectivity index (χ1) is 14.3. The highest BCUT2D eigenvalue weighted by atomic mass is 16.1. The number of carbonyl (C=O) groups excluding carboxylic acids is 3. The van der Waals surface area contributed by atoms with Crippen LogP contribution in [0.15, 0.2) is 55.1 Å². The average Bonchev–Trinajstić information content (AvgIpc) is 2.72. The monoisotopic (exact) mass is 394 g/mol. The second-order valence-corrected chi connectivity index (χ2v) is 7.75. The molecule has 4 rings (SSSR count). The molecule has 3 aromatic rings. The summed E-state index contributed by atoms with van der Waals surface area (Å²) in [5.74, 6) is -0.488. The van der Waals surface area contributed by atoms with Crippen LogP contribution in [-0.4, -0.2) is 17.3 Å². The summed E-state index contributed by atoms with van der Waals surface area (Å²) in [4.78, 5) is 39.4. The lowest BCUT2D eigenvalue weighted by molar-refractivity contribution is 0.0976. The molecule has 3 nitrogen and oxygen atoms in total. The van der Waals surface area contributed by atoms with Gasteiger partial charge in [0.15, 0.2) is 17.3 Å². The molecule has 0 aliphatic heterocycles. The van der Waals surface area contributed by atoms with Gasteiger partial charge in [-0.3, -0.25) is 14.4 Å². The van der Waals surface area contributed by atoms with Gasteiger partial charge in [-0.15, -0.1) is 0 Å². The summed E-state index contributed by atoms with van der Waals surface area (Å²) in [6, 6.07) is 14.5. The Labute approximate surface area is 176 Å². The third kappa shape index (κ3) is 2.94.